The van der Waals surface area contributed by atoms with Crippen molar-refractivity contribution in [2.45, 2.75) is 56.7 Å². The first-order valence-corrected chi connectivity index (χ1v) is 12.0. The molecule has 32 heavy (non-hydrogen) atoms. The van der Waals surface area contributed by atoms with Crippen molar-refractivity contribution in [1.29, 1.82) is 0 Å². The maximum absolute atomic E-state index is 13.3. The number of nitrogens with zero attached hydrogens (tertiary/aromatic N) is 3. The van der Waals surface area contributed by atoms with Crippen LogP contribution in [0.5, 0.6) is 0 Å². The zero-order valence-corrected chi connectivity index (χ0v) is 19.6. The Kier molecular flexibility index (Phi) is 6.96. The van der Waals surface area contributed by atoms with Crippen LogP contribution in [0.3, 0.4) is 0 Å². The van der Waals surface area contributed by atoms with Crippen LogP contribution in [-0.4, -0.2) is 40.0 Å². The third-order valence-corrected chi connectivity index (χ3v) is 6.66. The lowest BCUT2D eigenvalue weighted by Crippen LogP contribution is -2.36. The molecule has 1 amide bonds. The molecule has 1 aromatic heterocycles. The number of carbonyl (C=O) groups is 1. The SMILES string of the molecule is CC(C)OCCCn1c(SC(C)C(=O)N2CCc3ccccc32)nc2ccccc2c1=O. The smallest absolute Gasteiger partial charge is 0.262 e. The molecule has 0 saturated heterocycles. The Labute approximate surface area is 192 Å². The summed E-state index contributed by atoms with van der Waals surface area (Å²) in [6.45, 7) is 7.64. The Hall–Kier alpha value is -2.64. The minimum Gasteiger partial charge on any atom is -0.379 e. The summed E-state index contributed by atoms with van der Waals surface area (Å²) in [4.78, 5) is 33.1. The highest BCUT2D eigenvalue weighted by atomic mass is 32.2. The summed E-state index contributed by atoms with van der Waals surface area (Å²) < 4.78 is 7.34. The zero-order valence-electron chi connectivity index (χ0n) is 18.8. The molecule has 2 heterocycles. The van der Waals surface area contributed by atoms with Gasteiger partial charge in [0.1, 0.15) is 0 Å². The normalized spacial score (nSPS) is 14.2. The van der Waals surface area contributed by atoms with Crippen molar-refractivity contribution < 1.29 is 9.53 Å². The summed E-state index contributed by atoms with van der Waals surface area (Å²) in [7, 11) is 0. The van der Waals surface area contributed by atoms with E-state index in [4.69, 9.17) is 9.72 Å². The predicted octanol–water partition coefficient (Wildman–Crippen LogP) is 4.28. The van der Waals surface area contributed by atoms with Gasteiger partial charge in [0.2, 0.25) is 5.91 Å². The first-order valence-electron chi connectivity index (χ1n) is 11.1. The Morgan fingerprint density at radius 3 is 2.69 bits per heavy atom. The van der Waals surface area contributed by atoms with Crippen LogP contribution in [0.15, 0.2) is 58.5 Å². The zero-order chi connectivity index (χ0) is 22.7. The Morgan fingerprint density at radius 2 is 1.88 bits per heavy atom. The van der Waals surface area contributed by atoms with Crippen LogP contribution in [0.1, 0.15) is 32.8 Å². The van der Waals surface area contributed by atoms with Crippen molar-refractivity contribution in [2.75, 3.05) is 18.1 Å². The van der Waals surface area contributed by atoms with Gasteiger partial charge < -0.3 is 9.64 Å². The van der Waals surface area contributed by atoms with E-state index in [1.807, 2.05) is 62.1 Å². The molecule has 4 rings (SSSR count). The van der Waals surface area contributed by atoms with Gasteiger partial charge in [0, 0.05) is 25.4 Å². The molecule has 1 atom stereocenters. The third kappa shape index (κ3) is 4.74. The molecule has 0 radical (unpaired) electrons. The van der Waals surface area contributed by atoms with Crippen molar-refractivity contribution in [3.8, 4) is 0 Å². The Morgan fingerprint density at radius 1 is 1.12 bits per heavy atom. The number of fused-ring (bicyclic) bond motifs is 2. The highest BCUT2D eigenvalue weighted by molar-refractivity contribution is 8.00. The van der Waals surface area contributed by atoms with Crippen LogP contribution in [0.4, 0.5) is 5.69 Å². The Bertz CT molecular complexity index is 1170. The van der Waals surface area contributed by atoms with E-state index < -0.39 is 0 Å². The van der Waals surface area contributed by atoms with Crippen LogP contribution < -0.4 is 10.5 Å². The van der Waals surface area contributed by atoms with Crippen molar-refractivity contribution >= 4 is 34.3 Å². The standard InChI is InChI=1S/C25H29N3O3S/c1-17(2)31-16-8-14-28-24(30)20-10-5-6-11-21(20)26-25(28)32-18(3)23(29)27-15-13-19-9-4-7-12-22(19)27/h4-7,9-12,17-18H,8,13-16H2,1-3H3. The maximum Gasteiger partial charge on any atom is 0.262 e. The third-order valence-electron chi connectivity index (χ3n) is 5.59. The van der Waals surface area contributed by atoms with Crippen molar-refractivity contribution in [3.63, 3.8) is 0 Å². The molecule has 6 nitrogen and oxygen atoms in total. The fourth-order valence-electron chi connectivity index (χ4n) is 3.97. The number of thioether (sulfide) groups is 1. The summed E-state index contributed by atoms with van der Waals surface area (Å²) in [6.07, 6.45) is 1.72. The molecule has 0 fully saturated rings. The van der Waals surface area contributed by atoms with Gasteiger partial charge >= 0.3 is 0 Å². The average molecular weight is 452 g/mol. The number of aromatic nitrogens is 2. The van der Waals surface area contributed by atoms with E-state index in [0.29, 0.717) is 42.2 Å². The van der Waals surface area contributed by atoms with Gasteiger partial charge in [-0.1, -0.05) is 42.1 Å². The molecule has 0 spiro atoms. The monoisotopic (exact) mass is 451 g/mol. The number of para-hydroxylation sites is 2. The van der Waals surface area contributed by atoms with E-state index in [1.54, 1.807) is 10.6 Å². The molecule has 0 N–H and O–H groups in total. The summed E-state index contributed by atoms with van der Waals surface area (Å²) in [5, 5.41) is 0.799. The minimum atomic E-state index is -0.368. The van der Waals surface area contributed by atoms with Crippen molar-refractivity contribution in [1.82, 2.24) is 9.55 Å². The number of hydrogen-bond acceptors (Lipinski definition) is 5. The first kappa shape index (κ1) is 22.6. The molecular formula is C25H29N3O3S. The Balaban J connectivity index is 1.59. The van der Waals surface area contributed by atoms with Crippen LogP contribution in [0, 0.1) is 0 Å². The lowest BCUT2D eigenvalue weighted by atomic mass is 10.2. The molecular weight excluding hydrogens is 422 g/mol. The quantitative estimate of drug-likeness (QED) is 0.291. The number of ether oxygens (including phenoxy) is 1. The second kappa shape index (κ2) is 9.88. The fraction of sp³-hybridized carbons (Fsp3) is 0.400. The van der Waals surface area contributed by atoms with E-state index in [-0.39, 0.29) is 22.8 Å². The number of carbonyl (C=O) groups excluding carboxylic acids is 1. The summed E-state index contributed by atoms with van der Waals surface area (Å²) in [5.41, 5.74) is 2.76. The van der Waals surface area contributed by atoms with Gasteiger partial charge in [0.25, 0.3) is 5.56 Å². The van der Waals surface area contributed by atoms with Gasteiger partial charge in [-0.25, -0.2) is 4.98 Å². The largest absolute Gasteiger partial charge is 0.379 e. The lowest BCUT2D eigenvalue weighted by Gasteiger charge is -2.22. The molecule has 1 aliphatic rings. The molecule has 3 aromatic rings. The summed E-state index contributed by atoms with van der Waals surface area (Å²) in [5.74, 6) is 0.0389. The van der Waals surface area contributed by atoms with Crippen LogP contribution in [-0.2, 0) is 22.5 Å². The highest BCUT2D eigenvalue weighted by Crippen LogP contribution is 2.31. The number of rotatable bonds is 8. The number of anilines is 1. The van der Waals surface area contributed by atoms with Gasteiger partial charge in [-0.2, -0.15) is 0 Å². The molecule has 0 aliphatic carbocycles. The van der Waals surface area contributed by atoms with Crippen LogP contribution in [0.25, 0.3) is 10.9 Å². The van der Waals surface area contributed by atoms with E-state index >= 15 is 0 Å². The number of benzene rings is 2. The van der Waals surface area contributed by atoms with Crippen LogP contribution >= 0.6 is 11.8 Å². The van der Waals surface area contributed by atoms with Gasteiger partial charge in [0.15, 0.2) is 5.16 Å². The number of amides is 1. The minimum absolute atomic E-state index is 0.0389. The first-order chi connectivity index (χ1) is 15.5. The van der Waals surface area contributed by atoms with E-state index in [9.17, 15) is 9.59 Å². The van der Waals surface area contributed by atoms with Gasteiger partial charge in [-0.15, -0.1) is 0 Å². The second-order valence-electron chi connectivity index (χ2n) is 8.27. The summed E-state index contributed by atoms with van der Waals surface area (Å²) in [6, 6.07) is 15.4. The molecule has 0 bridgehead atoms. The molecule has 7 heteroatoms. The lowest BCUT2D eigenvalue weighted by molar-refractivity contribution is -0.117. The molecule has 1 unspecified atom stereocenters. The van der Waals surface area contributed by atoms with Gasteiger partial charge in [-0.05, 0) is 57.4 Å². The van der Waals surface area contributed by atoms with E-state index in [1.165, 1.54) is 17.3 Å². The van der Waals surface area contributed by atoms with Gasteiger partial charge in [0.05, 0.1) is 22.3 Å². The van der Waals surface area contributed by atoms with Crippen molar-refractivity contribution in [2.24, 2.45) is 0 Å². The maximum atomic E-state index is 13.3. The highest BCUT2D eigenvalue weighted by Gasteiger charge is 2.29. The molecule has 1 aliphatic heterocycles. The molecule has 2 aromatic carbocycles. The molecule has 0 saturated carbocycles. The molecule has 168 valence electrons. The predicted molar refractivity (Wildman–Crippen MR) is 130 cm³/mol. The van der Waals surface area contributed by atoms with Crippen LogP contribution in [0.2, 0.25) is 0 Å². The van der Waals surface area contributed by atoms with E-state index in [0.717, 1.165) is 12.1 Å². The fourth-order valence-corrected chi connectivity index (χ4v) is 4.97. The second-order valence-corrected chi connectivity index (χ2v) is 9.58. The average Bonchev–Trinajstić information content (AvgIpc) is 3.21. The van der Waals surface area contributed by atoms with Crippen molar-refractivity contribution in [3.05, 3.63) is 64.4 Å². The topological polar surface area (TPSA) is 64.4 Å². The van der Waals surface area contributed by atoms with E-state index in [2.05, 4.69) is 6.07 Å². The van der Waals surface area contributed by atoms with Gasteiger partial charge in [-0.3, -0.25) is 14.2 Å². The number of hydrogen-bond donors (Lipinski definition) is 0. The summed E-state index contributed by atoms with van der Waals surface area (Å²) >= 11 is 1.35.